The van der Waals surface area contributed by atoms with Crippen molar-refractivity contribution in [1.29, 1.82) is 0 Å². The van der Waals surface area contributed by atoms with Gasteiger partial charge in [-0.15, -0.1) is 6.58 Å². The minimum Gasteiger partial charge on any atom is -0.392 e. The van der Waals surface area contributed by atoms with Gasteiger partial charge in [-0.2, -0.15) is 0 Å². The van der Waals surface area contributed by atoms with Gasteiger partial charge in [-0.05, 0) is 46.2 Å². The van der Waals surface area contributed by atoms with Gasteiger partial charge in [0.1, 0.15) is 0 Å². The lowest BCUT2D eigenvalue weighted by molar-refractivity contribution is -0.276. The van der Waals surface area contributed by atoms with Gasteiger partial charge in [0.25, 0.3) is 0 Å². The highest BCUT2D eigenvalue weighted by Gasteiger charge is 2.40. The number of urea groups is 1. The largest absolute Gasteiger partial charge is 0.392 e. The molecule has 2 fully saturated rings. The number of aliphatic hydroxyl groups is 1. The molecule has 1 aliphatic heterocycles. The fourth-order valence-electron chi connectivity index (χ4n) is 7.16. The molecule has 1 saturated carbocycles. The van der Waals surface area contributed by atoms with Crippen LogP contribution >= 0.6 is 0 Å². The number of carbonyl (C=O) groups excluding carboxylic acids is 1. The van der Waals surface area contributed by atoms with Crippen molar-refractivity contribution in [2.24, 2.45) is 5.92 Å². The van der Waals surface area contributed by atoms with Gasteiger partial charge in [0.15, 0.2) is 6.29 Å². The van der Waals surface area contributed by atoms with Gasteiger partial charge in [-0.3, -0.25) is 4.90 Å². The molecule has 4 aromatic rings. The van der Waals surface area contributed by atoms with Crippen LogP contribution in [0.5, 0.6) is 0 Å². The van der Waals surface area contributed by atoms with E-state index in [2.05, 4.69) is 71.5 Å². The van der Waals surface area contributed by atoms with E-state index >= 15 is 0 Å². The molecule has 7 heteroatoms. The van der Waals surface area contributed by atoms with E-state index in [9.17, 15) is 9.90 Å². The van der Waals surface area contributed by atoms with Crippen LogP contribution in [0.1, 0.15) is 72.8 Å². The second-order valence-electron chi connectivity index (χ2n) is 13.3. The van der Waals surface area contributed by atoms with E-state index in [-0.39, 0.29) is 30.8 Å². The van der Waals surface area contributed by atoms with E-state index in [0.717, 1.165) is 52.0 Å². The molecule has 0 radical (unpaired) electrons. The maximum absolute atomic E-state index is 12.6. The molecule has 0 bridgehead atoms. The summed E-state index contributed by atoms with van der Waals surface area (Å²) in [7, 11) is 0. The molecule has 256 valence electrons. The summed E-state index contributed by atoms with van der Waals surface area (Å²) < 4.78 is 13.6. The highest BCUT2D eigenvalue weighted by atomic mass is 16.7. The molecule has 7 nitrogen and oxygen atoms in total. The summed E-state index contributed by atoms with van der Waals surface area (Å²) in [6.45, 7) is 8.84. The number of rotatable bonds is 13. The molecule has 49 heavy (non-hydrogen) atoms. The summed E-state index contributed by atoms with van der Waals surface area (Å²) in [6.07, 6.45) is 6.27. The van der Waals surface area contributed by atoms with E-state index in [4.69, 9.17) is 9.47 Å². The molecule has 4 aromatic carbocycles. The molecule has 1 aliphatic carbocycles. The smallest absolute Gasteiger partial charge is 0.315 e. The Morgan fingerprint density at radius 3 is 2.22 bits per heavy atom. The molecule has 0 unspecified atom stereocenters. The Kier molecular flexibility index (Phi) is 11.9. The maximum atomic E-state index is 12.6. The van der Waals surface area contributed by atoms with Crippen LogP contribution in [0.2, 0.25) is 0 Å². The summed E-state index contributed by atoms with van der Waals surface area (Å²) in [6, 6.07) is 34.9. The Hall–Kier alpha value is -4.27. The molecule has 0 aromatic heterocycles. The first-order valence-electron chi connectivity index (χ1n) is 17.6. The van der Waals surface area contributed by atoms with Gasteiger partial charge in [0.05, 0.1) is 18.8 Å². The third kappa shape index (κ3) is 8.86. The van der Waals surface area contributed by atoms with E-state index in [1.54, 1.807) is 0 Å². The molecule has 1 heterocycles. The summed E-state index contributed by atoms with van der Waals surface area (Å²) in [5.41, 5.74) is 7.14. The first kappa shape index (κ1) is 34.6. The summed E-state index contributed by atoms with van der Waals surface area (Å²) in [5, 5.41) is 15.6. The molecule has 2 amide bonds. The first-order valence-corrected chi connectivity index (χ1v) is 17.6. The zero-order valence-electron chi connectivity index (χ0n) is 28.5. The van der Waals surface area contributed by atoms with Crippen LogP contribution in [-0.4, -0.2) is 41.3 Å². The molecule has 6 rings (SSSR count). The van der Waals surface area contributed by atoms with Crippen LogP contribution in [0.4, 0.5) is 4.79 Å². The van der Waals surface area contributed by atoms with Gasteiger partial charge in [0.2, 0.25) is 0 Å². The minimum atomic E-state index is -0.530. The van der Waals surface area contributed by atoms with Gasteiger partial charge in [0, 0.05) is 43.7 Å². The first-order chi connectivity index (χ1) is 24.0. The molecule has 4 atom stereocenters. The average Bonchev–Trinajstić information content (AvgIpc) is 3.70. The molecule has 0 spiro atoms. The number of nitrogens with one attached hydrogen (secondary N) is 2. The zero-order chi connectivity index (χ0) is 34.0. The summed E-state index contributed by atoms with van der Waals surface area (Å²) >= 11 is 0. The number of aliphatic hydroxyl groups excluding tert-OH is 1. The van der Waals surface area contributed by atoms with Crippen LogP contribution in [0.3, 0.4) is 0 Å². The van der Waals surface area contributed by atoms with Crippen molar-refractivity contribution >= 4 is 6.03 Å². The number of hydrogen-bond donors (Lipinski definition) is 3. The van der Waals surface area contributed by atoms with E-state index in [1.165, 1.54) is 25.7 Å². The number of hydrogen-bond acceptors (Lipinski definition) is 5. The van der Waals surface area contributed by atoms with Crippen molar-refractivity contribution in [1.82, 2.24) is 15.5 Å². The van der Waals surface area contributed by atoms with Crippen LogP contribution in [-0.2, 0) is 29.2 Å². The highest BCUT2D eigenvalue weighted by molar-refractivity contribution is 5.75. The Morgan fingerprint density at radius 2 is 1.51 bits per heavy atom. The average molecular weight is 660 g/mol. The van der Waals surface area contributed by atoms with Crippen LogP contribution in [0.25, 0.3) is 11.1 Å². The van der Waals surface area contributed by atoms with Crippen molar-refractivity contribution in [3.63, 3.8) is 0 Å². The third-order valence-corrected chi connectivity index (χ3v) is 9.99. The zero-order valence-corrected chi connectivity index (χ0v) is 28.5. The van der Waals surface area contributed by atoms with Crippen LogP contribution in [0, 0.1) is 5.92 Å². The van der Waals surface area contributed by atoms with Crippen LogP contribution in [0.15, 0.2) is 116 Å². The Balaban J connectivity index is 1.18. The Morgan fingerprint density at radius 1 is 0.837 bits per heavy atom. The van der Waals surface area contributed by atoms with Crippen molar-refractivity contribution in [2.45, 2.75) is 76.8 Å². The lowest BCUT2D eigenvalue weighted by atomic mass is 9.89. The fourth-order valence-corrected chi connectivity index (χ4v) is 7.16. The standard InChI is InChI=1S/C42H49N3O4/c1-3-25-45(37-14-8-9-15-37)28-39-30(2)40(34-19-17-32(29-46)18-20-34)49-41(48-39)35-23-21-33(22-24-35)38-16-10-7-13-36(38)27-44-42(47)43-26-31-11-5-4-6-12-31/h3-7,10-13,16-24,30,37,39-41,46H,1,8-9,14-15,25-29H2,2H3,(H2,43,44,47)/t30-,39+,40+,41+/m1/s1. The number of benzene rings is 4. The van der Waals surface area contributed by atoms with E-state index in [0.29, 0.717) is 19.1 Å². The monoisotopic (exact) mass is 659 g/mol. The normalized spacial score (nSPS) is 21.0. The van der Waals surface area contributed by atoms with E-state index in [1.807, 2.05) is 66.7 Å². The Labute approximate surface area is 291 Å². The van der Waals surface area contributed by atoms with Crippen molar-refractivity contribution in [3.05, 3.63) is 144 Å². The maximum Gasteiger partial charge on any atom is 0.315 e. The fraction of sp³-hybridized carbons (Fsp3) is 0.357. The van der Waals surface area contributed by atoms with Crippen LogP contribution < -0.4 is 10.6 Å². The van der Waals surface area contributed by atoms with Crippen molar-refractivity contribution in [2.75, 3.05) is 13.1 Å². The third-order valence-electron chi connectivity index (χ3n) is 9.99. The quantitative estimate of drug-likeness (QED) is 0.127. The highest BCUT2D eigenvalue weighted by Crippen LogP contribution is 2.42. The number of nitrogens with zero attached hydrogens (tertiary/aromatic N) is 1. The SMILES string of the molecule is C=CCN(C[C@@H]1O[C@H](c2ccc(-c3ccccc3CNC(=O)NCc3ccccc3)cc2)O[C@H](c2ccc(CO)cc2)[C@@H]1C)C1CCCC1. The topological polar surface area (TPSA) is 83.1 Å². The lowest BCUT2D eigenvalue weighted by Gasteiger charge is -2.43. The van der Waals surface area contributed by atoms with E-state index < -0.39 is 6.29 Å². The molecular weight excluding hydrogens is 610 g/mol. The molecule has 3 N–H and O–H groups in total. The molecular formula is C42H49N3O4. The number of carbonyl (C=O) groups is 1. The summed E-state index contributed by atoms with van der Waals surface area (Å²) in [5.74, 6) is 0.119. The molecule has 2 aliphatic rings. The predicted octanol–water partition coefficient (Wildman–Crippen LogP) is 8.07. The predicted molar refractivity (Wildman–Crippen MR) is 194 cm³/mol. The number of ether oxygens (including phenoxy) is 2. The summed E-state index contributed by atoms with van der Waals surface area (Å²) in [4.78, 5) is 15.1. The molecule has 1 saturated heterocycles. The van der Waals surface area contributed by atoms with Crippen molar-refractivity contribution < 1.29 is 19.4 Å². The lowest BCUT2D eigenvalue weighted by Crippen LogP contribution is -2.47. The van der Waals surface area contributed by atoms with Gasteiger partial charge in [-0.1, -0.05) is 129 Å². The van der Waals surface area contributed by atoms with Gasteiger partial charge >= 0.3 is 6.03 Å². The second-order valence-corrected chi connectivity index (χ2v) is 13.3. The van der Waals surface area contributed by atoms with Crippen molar-refractivity contribution in [3.8, 4) is 11.1 Å². The second kappa shape index (κ2) is 16.9. The number of amides is 2. The van der Waals surface area contributed by atoms with Gasteiger partial charge < -0.3 is 25.2 Å². The van der Waals surface area contributed by atoms with Gasteiger partial charge in [-0.25, -0.2) is 4.79 Å². The minimum absolute atomic E-state index is 0.0145. The Bertz CT molecular complexity index is 1640.